The van der Waals surface area contributed by atoms with Crippen LogP contribution in [0, 0.1) is 0 Å². The van der Waals surface area contributed by atoms with Crippen molar-refractivity contribution in [2.45, 2.75) is 38.2 Å². The van der Waals surface area contributed by atoms with Gasteiger partial charge < -0.3 is 14.6 Å². The monoisotopic (exact) mass is 488 g/mol. The first-order valence-electron chi connectivity index (χ1n) is 12.8. The van der Waals surface area contributed by atoms with Gasteiger partial charge in [-0.15, -0.1) is 0 Å². The number of halogens is 1. The van der Waals surface area contributed by atoms with Crippen molar-refractivity contribution in [3.05, 3.63) is 83.0 Å². The lowest BCUT2D eigenvalue weighted by molar-refractivity contribution is 0.198. The number of nitrogens with zero attached hydrogens (tertiary/aromatic N) is 2. The van der Waals surface area contributed by atoms with Crippen molar-refractivity contribution in [3.63, 3.8) is 0 Å². The third-order valence-corrected chi connectivity index (χ3v) is 7.11. The molecule has 2 aromatic carbocycles. The van der Waals surface area contributed by atoms with E-state index in [9.17, 15) is 9.50 Å². The SMILES string of the molecule is COc1ccc(C2=C(c3ccc(O[C@H]4CCN(CCCF)C4)cc3)c3ccc(O)cc3CCC2)cn1. The Morgan fingerprint density at radius 3 is 2.64 bits per heavy atom. The number of aromatic nitrogens is 1. The fraction of sp³-hybridized carbons (Fsp3) is 0.367. The molecular weight excluding hydrogens is 455 g/mol. The standard InChI is InChI=1S/C30H33FN2O3/c1-35-29-13-8-23(19-32-29)27-5-2-4-22-18-24(34)9-12-28(22)30(27)21-6-10-25(11-7-21)36-26-14-17-33(20-26)16-3-15-31/h6-13,18-19,26,34H,2-5,14-17,20H2,1H3/t26-/m0/s1. The van der Waals surface area contributed by atoms with Crippen molar-refractivity contribution in [2.24, 2.45) is 0 Å². The largest absolute Gasteiger partial charge is 0.508 e. The van der Waals surface area contributed by atoms with Gasteiger partial charge in [-0.2, -0.15) is 0 Å². The molecule has 3 aromatic rings. The van der Waals surface area contributed by atoms with E-state index in [-0.39, 0.29) is 12.8 Å². The van der Waals surface area contributed by atoms with E-state index >= 15 is 0 Å². The number of aryl methyl sites for hydroxylation is 1. The van der Waals surface area contributed by atoms with Crippen LogP contribution in [0.2, 0.25) is 0 Å². The molecule has 1 aliphatic carbocycles. The second kappa shape index (κ2) is 11.1. The summed E-state index contributed by atoms with van der Waals surface area (Å²) in [6.45, 7) is 2.33. The summed E-state index contributed by atoms with van der Waals surface area (Å²) in [6.07, 6.45) is 6.37. The van der Waals surface area contributed by atoms with Gasteiger partial charge in [0.25, 0.3) is 0 Å². The molecule has 0 unspecified atom stereocenters. The van der Waals surface area contributed by atoms with Gasteiger partial charge in [-0.3, -0.25) is 9.29 Å². The molecule has 2 aliphatic rings. The molecule has 0 saturated carbocycles. The summed E-state index contributed by atoms with van der Waals surface area (Å²) in [6, 6.07) is 18.0. The van der Waals surface area contributed by atoms with Crippen molar-refractivity contribution in [2.75, 3.05) is 33.4 Å². The fourth-order valence-corrected chi connectivity index (χ4v) is 5.34. The average Bonchev–Trinajstić information content (AvgIpc) is 3.26. The van der Waals surface area contributed by atoms with E-state index in [0.29, 0.717) is 18.1 Å². The van der Waals surface area contributed by atoms with Crippen LogP contribution in [-0.4, -0.2) is 54.5 Å². The number of rotatable bonds is 8. The Morgan fingerprint density at radius 2 is 1.89 bits per heavy atom. The van der Waals surface area contributed by atoms with Gasteiger partial charge in [0, 0.05) is 31.9 Å². The molecule has 188 valence electrons. The van der Waals surface area contributed by atoms with Crippen LogP contribution >= 0.6 is 0 Å². The maximum atomic E-state index is 12.5. The molecule has 1 atom stereocenters. The highest BCUT2D eigenvalue weighted by Crippen LogP contribution is 2.41. The van der Waals surface area contributed by atoms with Gasteiger partial charge in [0.1, 0.15) is 17.6 Å². The minimum Gasteiger partial charge on any atom is -0.508 e. The Balaban J connectivity index is 1.46. The Labute approximate surface area is 212 Å². The molecule has 5 nitrogen and oxygen atoms in total. The molecule has 36 heavy (non-hydrogen) atoms. The van der Waals surface area contributed by atoms with Crippen molar-refractivity contribution in [3.8, 4) is 17.4 Å². The van der Waals surface area contributed by atoms with Crippen LogP contribution in [0.25, 0.3) is 11.1 Å². The molecule has 1 aromatic heterocycles. The number of ether oxygens (including phenoxy) is 2. The Bertz CT molecular complexity index is 1210. The smallest absolute Gasteiger partial charge is 0.212 e. The van der Waals surface area contributed by atoms with Crippen LogP contribution in [-0.2, 0) is 6.42 Å². The van der Waals surface area contributed by atoms with E-state index < -0.39 is 0 Å². The summed E-state index contributed by atoms with van der Waals surface area (Å²) in [7, 11) is 1.62. The maximum absolute atomic E-state index is 12.5. The number of phenols is 1. The summed E-state index contributed by atoms with van der Waals surface area (Å²) in [5.41, 5.74) is 6.89. The van der Waals surface area contributed by atoms with E-state index in [4.69, 9.17) is 9.47 Å². The summed E-state index contributed by atoms with van der Waals surface area (Å²) in [5, 5.41) is 10.1. The van der Waals surface area contributed by atoms with Crippen molar-refractivity contribution in [1.29, 1.82) is 0 Å². The Morgan fingerprint density at radius 1 is 1.06 bits per heavy atom. The van der Waals surface area contributed by atoms with Crippen LogP contribution in [0.5, 0.6) is 17.4 Å². The summed E-state index contributed by atoms with van der Waals surface area (Å²) >= 11 is 0. The number of hydrogen-bond acceptors (Lipinski definition) is 5. The molecule has 1 saturated heterocycles. The summed E-state index contributed by atoms with van der Waals surface area (Å²) in [5.74, 6) is 1.74. The molecule has 0 bridgehead atoms. The first-order chi connectivity index (χ1) is 17.6. The lowest BCUT2D eigenvalue weighted by atomic mass is 9.88. The molecule has 2 heterocycles. The van der Waals surface area contributed by atoms with Gasteiger partial charge >= 0.3 is 0 Å². The molecule has 1 N–H and O–H groups in total. The summed E-state index contributed by atoms with van der Waals surface area (Å²) < 4.78 is 24.0. The zero-order valence-corrected chi connectivity index (χ0v) is 20.8. The van der Waals surface area contributed by atoms with Gasteiger partial charge in [-0.25, -0.2) is 4.98 Å². The van der Waals surface area contributed by atoms with Crippen molar-refractivity contribution < 1.29 is 19.0 Å². The number of allylic oxidation sites excluding steroid dienone is 1. The second-order valence-electron chi connectivity index (χ2n) is 9.53. The van der Waals surface area contributed by atoms with Crippen molar-refractivity contribution >= 4 is 11.1 Å². The first-order valence-corrected chi connectivity index (χ1v) is 12.8. The third kappa shape index (κ3) is 5.39. The highest BCUT2D eigenvalue weighted by atomic mass is 19.1. The Hall–Kier alpha value is -3.38. The topological polar surface area (TPSA) is 54.8 Å². The highest BCUT2D eigenvalue weighted by molar-refractivity contribution is 5.99. The molecule has 6 heteroatoms. The minimum atomic E-state index is -0.267. The normalized spacial score (nSPS) is 18.1. The molecule has 0 amide bonds. The predicted molar refractivity (Wildman–Crippen MR) is 140 cm³/mol. The zero-order valence-electron chi connectivity index (χ0n) is 20.8. The number of phenolic OH excluding ortho intramolecular Hbond substituents is 1. The number of aromatic hydroxyl groups is 1. The molecule has 5 rings (SSSR count). The van der Waals surface area contributed by atoms with Crippen LogP contribution in [0.4, 0.5) is 4.39 Å². The fourth-order valence-electron chi connectivity index (χ4n) is 5.34. The highest BCUT2D eigenvalue weighted by Gasteiger charge is 2.24. The number of pyridine rings is 1. The average molecular weight is 489 g/mol. The van der Waals surface area contributed by atoms with E-state index in [1.807, 2.05) is 36.5 Å². The van der Waals surface area contributed by atoms with Crippen LogP contribution < -0.4 is 9.47 Å². The van der Waals surface area contributed by atoms with Crippen molar-refractivity contribution in [1.82, 2.24) is 9.88 Å². The van der Waals surface area contributed by atoms with E-state index in [0.717, 1.165) is 73.3 Å². The summed E-state index contributed by atoms with van der Waals surface area (Å²) in [4.78, 5) is 6.73. The van der Waals surface area contributed by atoms with Gasteiger partial charge in [0.05, 0.1) is 13.8 Å². The van der Waals surface area contributed by atoms with Gasteiger partial charge in [-0.05, 0) is 95.8 Å². The lowest BCUT2D eigenvalue weighted by Crippen LogP contribution is -2.26. The Kier molecular flexibility index (Phi) is 7.52. The predicted octanol–water partition coefficient (Wildman–Crippen LogP) is 5.90. The molecular formula is C30H33FN2O3. The molecule has 0 radical (unpaired) electrons. The number of alkyl halides is 1. The molecule has 1 fully saturated rings. The number of likely N-dealkylation sites (tertiary alicyclic amines) is 1. The quantitative estimate of drug-likeness (QED) is 0.428. The van der Waals surface area contributed by atoms with Gasteiger partial charge in [-0.1, -0.05) is 18.2 Å². The third-order valence-electron chi connectivity index (χ3n) is 7.11. The van der Waals surface area contributed by atoms with E-state index in [2.05, 4.69) is 28.1 Å². The van der Waals surface area contributed by atoms with Gasteiger partial charge in [0.2, 0.25) is 5.88 Å². The molecule has 1 aliphatic heterocycles. The molecule has 0 spiro atoms. The number of benzene rings is 2. The number of methoxy groups -OCH3 is 1. The minimum absolute atomic E-state index is 0.136. The number of fused-ring (bicyclic) bond motifs is 1. The van der Waals surface area contributed by atoms with Crippen LogP contribution in [0.3, 0.4) is 0 Å². The maximum Gasteiger partial charge on any atom is 0.212 e. The van der Waals surface area contributed by atoms with Gasteiger partial charge in [0.15, 0.2) is 0 Å². The number of hydrogen-bond donors (Lipinski definition) is 1. The van der Waals surface area contributed by atoms with E-state index in [1.165, 1.54) is 11.1 Å². The first kappa shape index (κ1) is 24.3. The second-order valence-corrected chi connectivity index (χ2v) is 9.53. The van der Waals surface area contributed by atoms with Crippen LogP contribution in [0.1, 0.15) is 47.9 Å². The lowest BCUT2D eigenvalue weighted by Gasteiger charge is -2.18. The van der Waals surface area contributed by atoms with E-state index in [1.54, 1.807) is 13.2 Å². The zero-order chi connectivity index (χ0) is 24.9. The van der Waals surface area contributed by atoms with Crippen LogP contribution in [0.15, 0.2) is 60.8 Å².